The maximum atomic E-state index is 13.2. The summed E-state index contributed by atoms with van der Waals surface area (Å²) in [5, 5.41) is 0.935. The van der Waals surface area contributed by atoms with E-state index in [1.54, 1.807) is 12.1 Å². The summed E-state index contributed by atoms with van der Waals surface area (Å²) in [6.45, 7) is 0. The lowest BCUT2D eigenvalue weighted by Crippen LogP contribution is -1.89. The van der Waals surface area contributed by atoms with Crippen LogP contribution in [-0.4, -0.2) is 12.1 Å². The van der Waals surface area contributed by atoms with Crippen LogP contribution in [0.2, 0.25) is 0 Å². The van der Waals surface area contributed by atoms with Gasteiger partial charge in [-0.1, -0.05) is 12.1 Å². The highest BCUT2D eigenvalue weighted by atomic mass is 19.1. The Labute approximate surface area is 111 Å². The molecule has 94 valence electrons. The molecule has 0 N–H and O–H groups in total. The number of halogens is 1. The van der Waals surface area contributed by atoms with Crippen molar-refractivity contribution in [2.24, 2.45) is 0 Å². The van der Waals surface area contributed by atoms with Crippen LogP contribution < -0.4 is 4.74 Å². The van der Waals surface area contributed by atoms with Crippen LogP contribution in [0, 0.1) is 5.82 Å². The predicted octanol–water partition coefficient (Wildman–Crippen LogP) is 4.05. The first-order valence-corrected chi connectivity index (χ1v) is 5.89. The van der Waals surface area contributed by atoms with Gasteiger partial charge in [-0.3, -0.25) is 4.98 Å². The molecule has 3 aromatic rings. The van der Waals surface area contributed by atoms with Gasteiger partial charge < -0.3 is 4.74 Å². The fraction of sp³-hybridized carbons (Fsp3) is 0.0625. The van der Waals surface area contributed by atoms with Gasteiger partial charge in [0.05, 0.1) is 14.0 Å². The van der Waals surface area contributed by atoms with Crippen molar-refractivity contribution < 1.29 is 10.5 Å². The monoisotopic (exact) mass is 254 g/mol. The summed E-state index contributed by atoms with van der Waals surface area (Å²) in [5.41, 5.74) is 2.52. The molecule has 0 atom stereocenters. The summed E-state index contributed by atoms with van der Waals surface area (Å²) >= 11 is 0. The SMILES string of the molecule is [2H]c1ccc2cc(-c3ccc(F)cc3OC)ccc2n1. The first kappa shape index (κ1) is 10.5. The number of hydrogen-bond donors (Lipinski definition) is 0. The van der Waals surface area contributed by atoms with E-state index in [0.717, 1.165) is 22.0 Å². The van der Waals surface area contributed by atoms with Crippen molar-refractivity contribution >= 4 is 10.9 Å². The second-order valence-corrected chi connectivity index (χ2v) is 4.19. The smallest absolute Gasteiger partial charge is 0.129 e. The van der Waals surface area contributed by atoms with E-state index in [0.29, 0.717) is 5.75 Å². The number of methoxy groups -OCH3 is 1. The van der Waals surface area contributed by atoms with Crippen LogP contribution in [0.4, 0.5) is 4.39 Å². The van der Waals surface area contributed by atoms with E-state index in [1.165, 1.54) is 19.2 Å². The molecule has 3 rings (SSSR count). The van der Waals surface area contributed by atoms with Gasteiger partial charge in [0.15, 0.2) is 0 Å². The van der Waals surface area contributed by atoms with Crippen LogP contribution in [0.1, 0.15) is 1.37 Å². The molecule has 2 nitrogen and oxygen atoms in total. The maximum Gasteiger partial charge on any atom is 0.129 e. The van der Waals surface area contributed by atoms with Gasteiger partial charge in [-0.25, -0.2) is 4.39 Å². The topological polar surface area (TPSA) is 22.1 Å². The Bertz CT molecular complexity index is 789. The van der Waals surface area contributed by atoms with Gasteiger partial charge in [-0.15, -0.1) is 0 Å². The summed E-state index contributed by atoms with van der Waals surface area (Å²) in [5.74, 6) is 0.168. The van der Waals surface area contributed by atoms with Crippen molar-refractivity contribution in [1.29, 1.82) is 0 Å². The molecular formula is C16H12FNO. The minimum atomic E-state index is -0.327. The Kier molecular flexibility index (Phi) is 2.59. The van der Waals surface area contributed by atoms with Crippen molar-refractivity contribution in [2.45, 2.75) is 0 Å². The molecule has 1 heterocycles. The van der Waals surface area contributed by atoms with Gasteiger partial charge in [-0.2, -0.15) is 0 Å². The molecule has 0 radical (unpaired) electrons. The van der Waals surface area contributed by atoms with Crippen molar-refractivity contribution in [3.63, 3.8) is 0 Å². The van der Waals surface area contributed by atoms with Crippen molar-refractivity contribution in [3.8, 4) is 16.9 Å². The molecule has 0 spiro atoms. The fourth-order valence-corrected chi connectivity index (χ4v) is 2.09. The highest BCUT2D eigenvalue weighted by Gasteiger charge is 2.07. The van der Waals surface area contributed by atoms with Gasteiger partial charge in [0, 0.05) is 23.2 Å². The number of benzene rings is 2. The fourth-order valence-electron chi connectivity index (χ4n) is 2.09. The third-order valence-electron chi connectivity index (χ3n) is 3.02. The minimum absolute atomic E-state index is 0.240. The molecule has 0 aliphatic carbocycles. The largest absolute Gasteiger partial charge is 0.496 e. The lowest BCUT2D eigenvalue weighted by atomic mass is 10.0. The number of rotatable bonds is 2. The Balaban J connectivity index is 2.17. The van der Waals surface area contributed by atoms with Crippen LogP contribution in [-0.2, 0) is 0 Å². The van der Waals surface area contributed by atoms with Crippen LogP contribution >= 0.6 is 0 Å². The third-order valence-corrected chi connectivity index (χ3v) is 3.02. The average Bonchev–Trinajstić information content (AvgIpc) is 2.46. The van der Waals surface area contributed by atoms with E-state index in [4.69, 9.17) is 6.11 Å². The molecule has 0 fully saturated rings. The normalized spacial score (nSPS) is 11.4. The summed E-state index contributed by atoms with van der Waals surface area (Å²) in [6.07, 6.45) is 0.240. The number of ether oxygens (including phenoxy) is 1. The van der Waals surface area contributed by atoms with Crippen molar-refractivity contribution in [1.82, 2.24) is 4.98 Å². The Morgan fingerprint density at radius 2 is 2.05 bits per heavy atom. The molecule has 3 heteroatoms. The summed E-state index contributed by atoms with van der Waals surface area (Å²) in [7, 11) is 1.52. The van der Waals surface area contributed by atoms with Crippen LogP contribution in [0.5, 0.6) is 5.75 Å². The molecule has 0 aliphatic rings. The van der Waals surface area contributed by atoms with Gasteiger partial charge in [0.2, 0.25) is 0 Å². The predicted molar refractivity (Wildman–Crippen MR) is 73.7 cm³/mol. The van der Waals surface area contributed by atoms with Gasteiger partial charge in [-0.05, 0) is 35.9 Å². The first-order chi connectivity index (χ1) is 9.67. The quantitative estimate of drug-likeness (QED) is 0.688. The summed E-state index contributed by atoms with van der Waals surface area (Å²) in [6, 6.07) is 13.7. The zero-order valence-electron chi connectivity index (χ0n) is 11.4. The molecule has 2 aromatic carbocycles. The standard InChI is InChI=1S/C16H12FNO/c1-19-16-10-13(17)5-6-14(16)11-4-7-15-12(9-11)3-2-8-18-15/h2-10H,1H3/i8D. The van der Waals surface area contributed by atoms with E-state index in [2.05, 4.69) is 4.98 Å². The van der Waals surface area contributed by atoms with Crippen LogP contribution in [0.3, 0.4) is 0 Å². The minimum Gasteiger partial charge on any atom is -0.496 e. The number of aromatic nitrogens is 1. The lowest BCUT2D eigenvalue weighted by Gasteiger charge is -2.09. The molecule has 0 saturated heterocycles. The van der Waals surface area contributed by atoms with Gasteiger partial charge >= 0.3 is 0 Å². The van der Waals surface area contributed by atoms with E-state index in [1.807, 2.05) is 24.3 Å². The average molecular weight is 254 g/mol. The highest BCUT2D eigenvalue weighted by Crippen LogP contribution is 2.32. The molecule has 0 bridgehead atoms. The van der Waals surface area contributed by atoms with Crippen LogP contribution in [0.25, 0.3) is 22.0 Å². The van der Waals surface area contributed by atoms with E-state index < -0.39 is 0 Å². The second kappa shape index (κ2) is 4.69. The highest BCUT2D eigenvalue weighted by molar-refractivity contribution is 5.85. The maximum absolute atomic E-state index is 13.2. The molecule has 0 amide bonds. The van der Waals surface area contributed by atoms with Gasteiger partial charge in [0.1, 0.15) is 11.6 Å². The Morgan fingerprint density at radius 1 is 1.16 bits per heavy atom. The zero-order valence-corrected chi connectivity index (χ0v) is 10.4. The second-order valence-electron chi connectivity index (χ2n) is 4.19. The number of nitrogens with zero attached hydrogens (tertiary/aromatic N) is 1. The number of hydrogen-bond acceptors (Lipinski definition) is 2. The lowest BCUT2D eigenvalue weighted by molar-refractivity contribution is 0.413. The van der Waals surface area contributed by atoms with E-state index in [-0.39, 0.29) is 12.0 Å². The zero-order chi connectivity index (χ0) is 14.1. The molecule has 0 unspecified atom stereocenters. The number of pyridine rings is 1. The summed E-state index contributed by atoms with van der Waals surface area (Å²) < 4.78 is 26.0. The molecule has 19 heavy (non-hydrogen) atoms. The molecule has 0 aliphatic heterocycles. The summed E-state index contributed by atoms with van der Waals surface area (Å²) in [4.78, 5) is 4.14. The van der Waals surface area contributed by atoms with Crippen molar-refractivity contribution in [2.75, 3.05) is 7.11 Å². The Morgan fingerprint density at radius 3 is 2.89 bits per heavy atom. The third kappa shape index (κ3) is 2.15. The molecule has 0 saturated carbocycles. The first-order valence-electron chi connectivity index (χ1n) is 6.39. The van der Waals surface area contributed by atoms with E-state index >= 15 is 0 Å². The van der Waals surface area contributed by atoms with Crippen LogP contribution in [0.15, 0.2) is 54.7 Å². The molecular weight excluding hydrogens is 241 g/mol. The van der Waals surface area contributed by atoms with E-state index in [9.17, 15) is 4.39 Å². The Hall–Kier alpha value is -2.42. The van der Waals surface area contributed by atoms with Crippen molar-refractivity contribution in [3.05, 3.63) is 60.5 Å². The number of fused-ring (bicyclic) bond motifs is 1. The molecule has 1 aromatic heterocycles. The van der Waals surface area contributed by atoms with Gasteiger partial charge in [0.25, 0.3) is 0 Å².